The second-order valence-corrected chi connectivity index (χ2v) is 8.06. The van der Waals surface area contributed by atoms with Crippen LogP contribution in [0.1, 0.15) is 24.2 Å². The highest BCUT2D eigenvalue weighted by Gasteiger charge is 2.57. The lowest BCUT2D eigenvalue weighted by molar-refractivity contribution is -0.136. The molecule has 1 aromatic heterocycles. The lowest BCUT2D eigenvalue weighted by Crippen LogP contribution is -2.57. The van der Waals surface area contributed by atoms with Gasteiger partial charge in [-0.25, -0.2) is 4.79 Å². The smallest absolute Gasteiger partial charge is 0.328 e. The Bertz CT molecular complexity index is 906. The van der Waals surface area contributed by atoms with Gasteiger partial charge in [0.25, 0.3) is 5.91 Å². The first kappa shape index (κ1) is 21.4. The van der Waals surface area contributed by atoms with Crippen molar-refractivity contribution in [3.05, 3.63) is 54.0 Å². The minimum Gasteiger partial charge on any atom is -0.497 e. The zero-order valence-electron chi connectivity index (χ0n) is 18.1. The molecule has 0 saturated carbocycles. The maximum absolute atomic E-state index is 13.6. The molecule has 0 atom stereocenters. The molecule has 166 valence electrons. The van der Waals surface area contributed by atoms with Crippen LogP contribution in [0.2, 0.25) is 0 Å². The zero-order valence-corrected chi connectivity index (χ0v) is 18.1. The number of piperidine rings is 1. The molecule has 2 aromatic rings. The number of furan rings is 1. The fourth-order valence-electron chi connectivity index (χ4n) is 4.56. The van der Waals surface area contributed by atoms with Gasteiger partial charge in [0.15, 0.2) is 0 Å². The van der Waals surface area contributed by atoms with Gasteiger partial charge >= 0.3 is 6.03 Å². The number of nitrogens with zero attached hydrogens (tertiary/aromatic N) is 3. The second kappa shape index (κ2) is 9.11. The molecule has 31 heavy (non-hydrogen) atoms. The highest BCUT2D eigenvalue weighted by Crippen LogP contribution is 2.38. The van der Waals surface area contributed by atoms with E-state index in [9.17, 15) is 9.59 Å². The van der Waals surface area contributed by atoms with E-state index in [2.05, 4.69) is 4.90 Å². The van der Waals surface area contributed by atoms with Crippen molar-refractivity contribution in [1.29, 1.82) is 0 Å². The summed E-state index contributed by atoms with van der Waals surface area (Å²) in [4.78, 5) is 32.3. The first-order chi connectivity index (χ1) is 15.1. The molecule has 8 nitrogen and oxygen atoms in total. The van der Waals surface area contributed by atoms with E-state index >= 15 is 0 Å². The molecule has 0 N–H and O–H groups in total. The van der Waals surface area contributed by atoms with Crippen LogP contribution < -0.4 is 4.74 Å². The predicted octanol–water partition coefficient (Wildman–Crippen LogP) is 2.73. The number of hydrogen-bond donors (Lipinski definition) is 0. The molecule has 8 heteroatoms. The maximum atomic E-state index is 13.6. The molecule has 0 bridgehead atoms. The van der Waals surface area contributed by atoms with Gasteiger partial charge in [-0.2, -0.15) is 0 Å². The summed E-state index contributed by atoms with van der Waals surface area (Å²) in [6, 6.07) is 11.1. The molecule has 0 aliphatic carbocycles. The molecule has 2 aliphatic rings. The minimum atomic E-state index is -0.811. The third-order valence-corrected chi connectivity index (χ3v) is 6.26. The van der Waals surface area contributed by atoms with Crippen molar-refractivity contribution in [3.63, 3.8) is 0 Å². The van der Waals surface area contributed by atoms with Gasteiger partial charge in [-0.05, 0) is 42.7 Å². The number of rotatable bonds is 8. The van der Waals surface area contributed by atoms with Crippen LogP contribution in [-0.4, -0.2) is 72.6 Å². The van der Waals surface area contributed by atoms with Crippen molar-refractivity contribution in [2.75, 3.05) is 40.5 Å². The standard InChI is InChI=1S/C23H29N3O5/c1-29-14-12-26-22(28)25(16-18-5-3-6-19(15-18)30-2)21(27)23(26)8-10-24(11-9-23)17-20-7-4-13-31-20/h3-7,13,15H,8-12,14,16-17H2,1-2H3. The average Bonchev–Trinajstić information content (AvgIpc) is 3.36. The lowest BCUT2D eigenvalue weighted by Gasteiger charge is -2.42. The van der Waals surface area contributed by atoms with Crippen LogP contribution in [-0.2, 0) is 22.6 Å². The van der Waals surface area contributed by atoms with Crippen LogP contribution in [0.5, 0.6) is 5.75 Å². The number of carbonyl (C=O) groups is 2. The van der Waals surface area contributed by atoms with Crippen LogP contribution in [0.3, 0.4) is 0 Å². The number of urea groups is 1. The number of amides is 3. The number of carbonyl (C=O) groups excluding carboxylic acids is 2. The SMILES string of the molecule is COCCN1C(=O)N(Cc2cccc(OC)c2)C(=O)C12CCN(Cc1ccco1)CC2. The number of hydrogen-bond acceptors (Lipinski definition) is 6. The molecule has 2 saturated heterocycles. The molecular weight excluding hydrogens is 398 g/mol. The Labute approximate surface area is 182 Å². The zero-order chi connectivity index (χ0) is 21.8. The van der Waals surface area contributed by atoms with E-state index in [1.54, 1.807) is 25.4 Å². The summed E-state index contributed by atoms with van der Waals surface area (Å²) in [5, 5.41) is 0. The molecular formula is C23H29N3O5. The first-order valence-electron chi connectivity index (χ1n) is 10.6. The van der Waals surface area contributed by atoms with Gasteiger partial charge in [-0.3, -0.25) is 14.6 Å². The van der Waals surface area contributed by atoms with E-state index in [-0.39, 0.29) is 18.5 Å². The third kappa shape index (κ3) is 4.18. The van der Waals surface area contributed by atoms with Crippen LogP contribution in [0.15, 0.2) is 47.1 Å². The van der Waals surface area contributed by atoms with Gasteiger partial charge < -0.3 is 18.8 Å². The van der Waals surface area contributed by atoms with Crippen LogP contribution >= 0.6 is 0 Å². The highest BCUT2D eigenvalue weighted by atomic mass is 16.5. The summed E-state index contributed by atoms with van der Waals surface area (Å²) in [7, 11) is 3.21. The second-order valence-electron chi connectivity index (χ2n) is 8.06. The fraction of sp³-hybridized carbons (Fsp3) is 0.478. The number of likely N-dealkylation sites (tertiary alicyclic amines) is 1. The highest BCUT2D eigenvalue weighted by molar-refractivity contribution is 6.07. The summed E-state index contributed by atoms with van der Waals surface area (Å²) < 4.78 is 16.0. The van der Waals surface area contributed by atoms with Gasteiger partial charge in [0, 0.05) is 26.7 Å². The number of methoxy groups -OCH3 is 2. The van der Waals surface area contributed by atoms with E-state index in [0.717, 1.165) is 24.4 Å². The Balaban J connectivity index is 1.52. The summed E-state index contributed by atoms with van der Waals surface area (Å²) >= 11 is 0. The molecule has 1 aromatic carbocycles. The Morgan fingerprint density at radius 2 is 1.87 bits per heavy atom. The van der Waals surface area contributed by atoms with Crippen molar-refractivity contribution in [2.45, 2.75) is 31.5 Å². The van der Waals surface area contributed by atoms with Gasteiger partial charge in [0.1, 0.15) is 17.0 Å². The first-order valence-corrected chi connectivity index (χ1v) is 10.6. The Morgan fingerprint density at radius 3 is 2.55 bits per heavy atom. The molecule has 0 radical (unpaired) electrons. The van der Waals surface area contributed by atoms with Crippen molar-refractivity contribution in [1.82, 2.24) is 14.7 Å². The van der Waals surface area contributed by atoms with E-state index in [4.69, 9.17) is 13.9 Å². The molecule has 2 fully saturated rings. The fourth-order valence-corrected chi connectivity index (χ4v) is 4.56. The summed E-state index contributed by atoms with van der Waals surface area (Å²) in [6.45, 7) is 3.16. The van der Waals surface area contributed by atoms with Crippen LogP contribution in [0.25, 0.3) is 0 Å². The van der Waals surface area contributed by atoms with E-state index in [1.165, 1.54) is 4.90 Å². The lowest BCUT2D eigenvalue weighted by atomic mass is 9.85. The number of imide groups is 1. The monoisotopic (exact) mass is 427 g/mol. The average molecular weight is 428 g/mol. The third-order valence-electron chi connectivity index (χ3n) is 6.26. The normalized spacial score (nSPS) is 18.9. The number of benzene rings is 1. The predicted molar refractivity (Wildman–Crippen MR) is 113 cm³/mol. The maximum Gasteiger partial charge on any atom is 0.328 e. The topological polar surface area (TPSA) is 75.5 Å². The van der Waals surface area contributed by atoms with Crippen molar-refractivity contribution in [3.8, 4) is 5.75 Å². The van der Waals surface area contributed by atoms with Crippen molar-refractivity contribution in [2.24, 2.45) is 0 Å². The van der Waals surface area contributed by atoms with Gasteiger partial charge in [0.05, 0.1) is 33.1 Å². The van der Waals surface area contributed by atoms with E-state index in [1.807, 2.05) is 36.4 Å². The van der Waals surface area contributed by atoms with Crippen molar-refractivity contribution >= 4 is 11.9 Å². The quantitative estimate of drug-likeness (QED) is 0.603. The molecule has 3 amide bonds. The largest absolute Gasteiger partial charge is 0.497 e. The summed E-state index contributed by atoms with van der Waals surface area (Å²) in [6.07, 6.45) is 2.86. The van der Waals surface area contributed by atoms with E-state index < -0.39 is 5.54 Å². The molecule has 0 unspecified atom stereocenters. The molecule has 4 rings (SSSR count). The molecule has 3 heterocycles. The van der Waals surface area contributed by atoms with Crippen LogP contribution in [0.4, 0.5) is 4.79 Å². The molecule has 2 aliphatic heterocycles. The number of ether oxygens (including phenoxy) is 2. The van der Waals surface area contributed by atoms with Gasteiger partial charge in [-0.1, -0.05) is 12.1 Å². The minimum absolute atomic E-state index is 0.117. The van der Waals surface area contributed by atoms with E-state index in [0.29, 0.717) is 38.3 Å². The summed E-state index contributed by atoms with van der Waals surface area (Å²) in [5.74, 6) is 1.49. The summed E-state index contributed by atoms with van der Waals surface area (Å²) in [5.41, 5.74) is 0.0498. The Kier molecular flexibility index (Phi) is 6.29. The van der Waals surface area contributed by atoms with Gasteiger partial charge in [0.2, 0.25) is 0 Å². The van der Waals surface area contributed by atoms with Gasteiger partial charge in [-0.15, -0.1) is 0 Å². The Hall–Kier alpha value is -2.84. The molecule has 1 spiro atoms. The van der Waals surface area contributed by atoms with Crippen LogP contribution in [0, 0.1) is 0 Å². The van der Waals surface area contributed by atoms with Crippen molar-refractivity contribution < 1.29 is 23.5 Å². The Morgan fingerprint density at radius 1 is 1.06 bits per heavy atom.